The topological polar surface area (TPSA) is 86.5 Å². The summed E-state index contributed by atoms with van der Waals surface area (Å²) in [5.41, 5.74) is 2.30. The fourth-order valence-corrected chi connectivity index (χ4v) is 2.56. The first-order valence-electron chi connectivity index (χ1n) is 7.71. The lowest BCUT2D eigenvalue weighted by Gasteiger charge is -2.15. The van der Waals surface area contributed by atoms with Gasteiger partial charge in [0.05, 0.1) is 0 Å². The number of anilines is 1. The molecule has 23 heavy (non-hydrogen) atoms. The van der Waals surface area contributed by atoms with Gasteiger partial charge in [-0.15, -0.1) is 10.2 Å². The van der Waals surface area contributed by atoms with Crippen LogP contribution in [-0.2, 0) is 11.8 Å². The Morgan fingerprint density at radius 1 is 1.17 bits per heavy atom. The van der Waals surface area contributed by atoms with E-state index in [-0.39, 0.29) is 11.0 Å². The first-order chi connectivity index (χ1) is 10.9. The van der Waals surface area contributed by atoms with E-state index in [1.807, 2.05) is 39.1 Å². The van der Waals surface area contributed by atoms with Crippen molar-refractivity contribution >= 4 is 16.9 Å². The Hall–Kier alpha value is -2.63. The third-order valence-corrected chi connectivity index (χ3v) is 3.77. The normalized spacial score (nSPS) is 11.8. The second kappa shape index (κ2) is 5.87. The molecule has 1 aromatic carbocycles. The highest BCUT2D eigenvalue weighted by molar-refractivity contribution is 5.83. The highest BCUT2D eigenvalue weighted by atomic mass is 16.1. The van der Waals surface area contributed by atoms with Crippen molar-refractivity contribution in [2.75, 3.05) is 11.9 Å². The minimum Gasteiger partial charge on any atom is -0.361 e. The molecule has 3 aromatic rings. The molecule has 6 nitrogen and oxygen atoms in total. The Kier molecular flexibility index (Phi) is 3.90. The molecule has 0 amide bonds. The Morgan fingerprint density at radius 2 is 1.96 bits per heavy atom. The van der Waals surface area contributed by atoms with Crippen LogP contribution in [-0.4, -0.2) is 26.7 Å². The number of benzene rings is 1. The predicted molar refractivity (Wildman–Crippen MR) is 91.8 cm³/mol. The van der Waals surface area contributed by atoms with E-state index in [9.17, 15) is 4.79 Å². The second-order valence-electron chi connectivity index (χ2n) is 6.64. The lowest BCUT2D eigenvalue weighted by atomic mass is 9.93. The van der Waals surface area contributed by atoms with Gasteiger partial charge in [-0.1, -0.05) is 39.0 Å². The monoisotopic (exact) mass is 311 g/mol. The van der Waals surface area contributed by atoms with Crippen LogP contribution in [0, 0.1) is 0 Å². The molecule has 0 radical (unpaired) electrons. The maximum Gasteiger partial charge on any atom is 0.274 e. The molecule has 0 aliphatic heterocycles. The first kappa shape index (κ1) is 15.3. The van der Waals surface area contributed by atoms with Crippen molar-refractivity contribution in [1.82, 2.24) is 20.2 Å². The van der Waals surface area contributed by atoms with Crippen LogP contribution < -0.4 is 10.9 Å². The molecule has 120 valence electrons. The molecule has 0 saturated carbocycles. The van der Waals surface area contributed by atoms with Gasteiger partial charge in [-0.3, -0.25) is 9.78 Å². The first-order valence-corrected chi connectivity index (χ1v) is 7.71. The Morgan fingerprint density at radius 3 is 2.70 bits per heavy atom. The largest absolute Gasteiger partial charge is 0.361 e. The number of fused-ring (bicyclic) bond motifs is 1. The molecule has 3 N–H and O–H groups in total. The van der Waals surface area contributed by atoms with Crippen LogP contribution in [0.15, 0.2) is 35.3 Å². The number of nitrogens with zero attached hydrogens (tertiary/aromatic N) is 2. The molecule has 3 rings (SSSR count). The number of rotatable bonds is 4. The highest BCUT2D eigenvalue weighted by Gasteiger charge is 2.20. The molecule has 6 heteroatoms. The Balaban J connectivity index is 1.67. The summed E-state index contributed by atoms with van der Waals surface area (Å²) in [4.78, 5) is 18.1. The van der Waals surface area contributed by atoms with E-state index in [0.717, 1.165) is 11.9 Å². The summed E-state index contributed by atoms with van der Waals surface area (Å²) in [7, 11) is 0. The zero-order valence-electron chi connectivity index (χ0n) is 13.6. The third-order valence-electron chi connectivity index (χ3n) is 3.77. The van der Waals surface area contributed by atoms with E-state index in [0.29, 0.717) is 18.2 Å². The average molecular weight is 311 g/mol. The van der Waals surface area contributed by atoms with E-state index in [1.54, 1.807) is 0 Å². The van der Waals surface area contributed by atoms with Gasteiger partial charge < -0.3 is 10.3 Å². The molecule has 0 atom stereocenters. The summed E-state index contributed by atoms with van der Waals surface area (Å²) in [6.45, 7) is 6.49. The molecule has 2 heterocycles. The molecule has 0 bridgehead atoms. The van der Waals surface area contributed by atoms with Crippen molar-refractivity contribution in [2.45, 2.75) is 32.6 Å². The number of hydrogen-bond donors (Lipinski definition) is 3. The van der Waals surface area contributed by atoms with E-state index in [1.165, 1.54) is 10.9 Å². The van der Waals surface area contributed by atoms with Gasteiger partial charge in [0.2, 0.25) is 5.95 Å². The van der Waals surface area contributed by atoms with Gasteiger partial charge >= 0.3 is 0 Å². The summed E-state index contributed by atoms with van der Waals surface area (Å²) in [6, 6.07) is 8.20. The fraction of sp³-hybridized carbons (Fsp3) is 0.353. The Labute approximate surface area is 134 Å². The van der Waals surface area contributed by atoms with Crippen LogP contribution in [0.2, 0.25) is 0 Å². The van der Waals surface area contributed by atoms with Gasteiger partial charge in [0.1, 0.15) is 5.69 Å². The number of aromatic nitrogens is 4. The number of nitrogens with one attached hydrogen (secondary N) is 3. The zero-order valence-corrected chi connectivity index (χ0v) is 13.6. The summed E-state index contributed by atoms with van der Waals surface area (Å²) in [5, 5.41) is 12.5. The molecule has 0 aliphatic rings. The van der Waals surface area contributed by atoms with Crippen LogP contribution in [0.5, 0.6) is 0 Å². The number of H-pyrrole nitrogens is 2. The summed E-state index contributed by atoms with van der Waals surface area (Å²) in [5.74, 6) is 0.405. The van der Waals surface area contributed by atoms with Gasteiger partial charge in [0.25, 0.3) is 5.56 Å². The number of aromatic amines is 2. The van der Waals surface area contributed by atoms with E-state index < -0.39 is 0 Å². The molecule has 0 saturated heterocycles. The second-order valence-corrected chi connectivity index (χ2v) is 6.64. The number of hydrogen-bond acceptors (Lipinski definition) is 4. The zero-order chi connectivity index (χ0) is 16.4. The van der Waals surface area contributed by atoms with Gasteiger partial charge in [-0.05, 0) is 18.1 Å². The molecule has 0 unspecified atom stereocenters. The summed E-state index contributed by atoms with van der Waals surface area (Å²) >= 11 is 0. The average Bonchev–Trinajstić information content (AvgIpc) is 2.90. The lowest BCUT2D eigenvalue weighted by molar-refractivity contribution is 0.547. The summed E-state index contributed by atoms with van der Waals surface area (Å²) < 4.78 is 0. The Bertz CT molecular complexity index is 872. The molecule has 0 fully saturated rings. The van der Waals surface area contributed by atoms with E-state index >= 15 is 0 Å². The predicted octanol–water partition coefficient (Wildman–Crippen LogP) is 2.60. The van der Waals surface area contributed by atoms with Crippen molar-refractivity contribution in [3.05, 3.63) is 52.1 Å². The van der Waals surface area contributed by atoms with Crippen molar-refractivity contribution in [3.63, 3.8) is 0 Å². The van der Waals surface area contributed by atoms with Crippen LogP contribution in [0.1, 0.15) is 32.0 Å². The minimum atomic E-state index is -0.316. The molecule has 2 aromatic heterocycles. The van der Waals surface area contributed by atoms with Crippen LogP contribution >= 0.6 is 0 Å². The van der Waals surface area contributed by atoms with Crippen molar-refractivity contribution < 1.29 is 0 Å². The van der Waals surface area contributed by atoms with Crippen molar-refractivity contribution in [3.8, 4) is 0 Å². The quantitative estimate of drug-likeness (QED) is 0.691. The van der Waals surface area contributed by atoms with E-state index in [2.05, 4.69) is 37.6 Å². The minimum absolute atomic E-state index is 0.193. The van der Waals surface area contributed by atoms with Gasteiger partial charge in [-0.25, -0.2) is 0 Å². The van der Waals surface area contributed by atoms with Crippen molar-refractivity contribution in [2.24, 2.45) is 0 Å². The SMILES string of the molecule is CC(C)(C)c1nnc(NCCc2c[nH]c3ccccc23)[nH]c1=O. The van der Waals surface area contributed by atoms with Crippen molar-refractivity contribution in [1.29, 1.82) is 0 Å². The molecule has 0 aliphatic carbocycles. The molecular formula is C17H21N5O. The van der Waals surface area contributed by atoms with Crippen LogP contribution in [0.3, 0.4) is 0 Å². The van der Waals surface area contributed by atoms with Gasteiger partial charge in [0.15, 0.2) is 0 Å². The van der Waals surface area contributed by atoms with Crippen LogP contribution in [0.25, 0.3) is 10.9 Å². The maximum atomic E-state index is 12.1. The standard InChI is InChI=1S/C17H21N5O/c1-17(2,3)14-15(23)20-16(22-21-14)18-9-8-11-10-19-13-7-5-4-6-12(11)13/h4-7,10,19H,8-9H2,1-3H3,(H2,18,20,22,23). The smallest absolute Gasteiger partial charge is 0.274 e. The third kappa shape index (κ3) is 3.26. The van der Waals surface area contributed by atoms with Crippen LogP contribution in [0.4, 0.5) is 5.95 Å². The van der Waals surface area contributed by atoms with Gasteiger partial charge in [-0.2, -0.15) is 0 Å². The summed E-state index contributed by atoms with van der Waals surface area (Å²) in [6.07, 6.45) is 2.85. The van der Waals surface area contributed by atoms with Gasteiger partial charge in [0, 0.05) is 29.1 Å². The lowest BCUT2D eigenvalue weighted by Crippen LogP contribution is -2.28. The maximum absolute atomic E-state index is 12.1. The van der Waals surface area contributed by atoms with E-state index in [4.69, 9.17) is 0 Å². The highest BCUT2D eigenvalue weighted by Crippen LogP contribution is 2.18. The molecular weight excluding hydrogens is 290 g/mol. The number of para-hydroxylation sites is 1. The molecule has 0 spiro atoms. The fourth-order valence-electron chi connectivity index (χ4n) is 2.56.